The Morgan fingerprint density at radius 3 is 2.43 bits per heavy atom. The molecule has 0 amide bonds. The number of halogens is 2. The third-order valence-corrected chi connectivity index (χ3v) is 1.80. The monoisotopic (exact) mass is 181 g/mol. The molecule has 0 aromatic heterocycles. The van der Waals surface area contributed by atoms with Gasteiger partial charge in [-0.25, -0.2) is 0 Å². The highest BCUT2D eigenvalue weighted by atomic mass is 79.9. The largest absolute Gasteiger partial charge is 0.197 e. The molecular formula is C4H5BrClN. The maximum Gasteiger partial charge on any atom is 0.123 e. The minimum absolute atomic E-state index is 0.323. The highest BCUT2D eigenvalue weighted by Gasteiger charge is 2.15. The van der Waals surface area contributed by atoms with Crippen LogP contribution in [0.5, 0.6) is 0 Å². The van der Waals surface area contributed by atoms with E-state index < -0.39 is 4.32 Å². The van der Waals surface area contributed by atoms with Gasteiger partial charge in [0.1, 0.15) is 4.32 Å². The number of hydrogen-bond acceptors (Lipinski definition) is 1. The van der Waals surface area contributed by atoms with E-state index in [0.29, 0.717) is 5.88 Å². The van der Waals surface area contributed by atoms with E-state index in [0.717, 1.165) is 0 Å². The zero-order valence-electron chi connectivity index (χ0n) is 3.91. The van der Waals surface area contributed by atoms with Gasteiger partial charge in [0.2, 0.25) is 0 Å². The average Bonchev–Trinajstić information content (AvgIpc) is 1.68. The summed E-state index contributed by atoms with van der Waals surface area (Å²) in [6.07, 6.45) is 0. The van der Waals surface area contributed by atoms with Gasteiger partial charge in [-0.15, -0.1) is 11.6 Å². The van der Waals surface area contributed by atoms with Gasteiger partial charge in [-0.2, -0.15) is 5.26 Å². The van der Waals surface area contributed by atoms with Crippen molar-refractivity contribution in [2.45, 2.75) is 11.2 Å². The Hall–Kier alpha value is 0.260. The predicted molar refractivity (Wildman–Crippen MR) is 33.7 cm³/mol. The summed E-state index contributed by atoms with van der Waals surface area (Å²) in [6.45, 7) is 1.72. The van der Waals surface area contributed by atoms with Crippen LogP contribution in [0.4, 0.5) is 0 Å². The fraction of sp³-hybridized carbons (Fsp3) is 0.750. The minimum Gasteiger partial charge on any atom is -0.197 e. The lowest BCUT2D eigenvalue weighted by Gasteiger charge is -2.04. The minimum atomic E-state index is -0.533. The lowest BCUT2D eigenvalue weighted by molar-refractivity contribution is 0.945. The number of nitriles is 1. The summed E-state index contributed by atoms with van der Waals surface area (Å²) < 4.78 is -0.533. The summed E-state index contributed by atoms with van der Waals surface area (Å²) in [5, 5.41) is 8.21. The molecule has 40 valence electrons. The highest BCUT2D eigenvalue weighted by molar-refractivity contribution is 9.10. The Bertz CT molecular complexity index is 94.4. The number of hydrogen-bond donors (Lipinski definition) is 0. The number of rotatable bonds is 1. The first-order valence-corrected chi connectivity index (χ1v) is 3.11. The van der Waals surface area contributed by atoms with E-state index in [1.165, 1.54) is 0 Å². The van der Waals surface area contributed by atoms with Crippen LogP contribution in [0.15, 0.2) is 0 Å². The Balaban J connectivity index is 3.66. The fourth-order valence-corrected chi connectivity index (χ4v) is 0.0896. The van der Waals surface area contributed by atoms with Crippen molar-refractivity contribution in [2.24, 2.45) is 0 Å². The van der Waals surface area contributed by atoms with Gasteiger partial charge in [-0.05, 0) is 6.92 Å². The molecule has 0 N–H and O–H groups in total. The quantitative estimate of drug-likeness (QED) is 0.568. The van der Waals surface area contributed by atoms with Gasteiger partial charge < -0.3 is 0 Å². The molecule has 1 nitrogen and oxygen atoms in total. The third kappa shape index (κ3) is 2.90. The van der Waals surface area contributed by atoms with Crippen LogP contribution in [0, 0.1) is 11.3 Å². The molecule has 1 unspecified atom stereocenters. The first kappa shape index (κ1) is 7.26. The van der Waals surface area contributed by atoms with E-state index in [9.17, 15) is 0 Å². The van der Waals surface area contributed by atoms with Crippen molar-refractivity contribution in [3.8, 4) is 6.07 Å². The van der Waals surface area contributed by atoms with Crippen molar-refractivity contribution in [1.82, 2.24) is 0 Å². The second-order valence-electron chi connectivity index (χ2n) is 1.44. The van der Waals surface area contributed by atoms with E-state index in [4.69, 9.17) is 16.9 Å². The predicted octanol–water partition coefficient (Wildman–Crippen LogP) is 1.90. The molecule has 0 aliphatic carbocycles. The molecule has 0 fully saturated rings. The number of nitrogens with zero attached hydrogens (tertiary/aromatic N) is 1. The first-order valence-electron chi connectivity index (χ1n) is 1.78. The molecule has 0 heterocycles. The van der Waals surface area contributed by atoms with E-state index >= 15 is 0 Å². The van der Waals surface area contributed by atoms with Crippen LogP contribution in [-0.2, 0) is 0 Å². The van der Waals surface area contributed by atoms with Gasteiger partial charge in [0.05, 0.1) is 11.9 Å². The Morgan fingerprint density at radius 1 is 2.00 bits per heavy atom. The van der Waals surface area contributed by atoms with E-state index in [1.807, 2.05) is 6.07 Å². The standard InChI is InChI=1S/C4H5BrClN/c1-4(5,2-6)3-7/h2H2,1H3. The van der Waals surface area contributed by atoms with Gasteiger partial charge >= 0.3 is 0 Å². The van der Waals surface area contributed by atoms with Gasteiger partial charge in [-0.1, -0.05) is 15.9 Å². The average molecular weight is 182 g/mol. The van der Waals surface area contributed by atoms with E-state index in [1.54, 1.807) is 6.92 Å². The Labute approximate surface area is 56.4 Å². The summed E-state index contributed by atoms with van der Waals surface area (Å²) >= 11 is 8.41. The van der Waals surface area contributed by atoms with Crippen LogP contribution in [-0.4, -0.2) is 10.2 Å². The van der Waals surface area contributed by atoms with Crippen molar-refractivity contribution in [2.75, 3.05) is 5.88 Å². The second kappa shape index (κ2) is 2.54. The van der Waals surface area contributed by atoms with Gasteiger partial charge in [0.25, 0.3) is 0 Å². The molecule has 0 rings (SSSR count). The first-order chi connectivity index (χ1) is 3.12. The van der Waals surface area contributed by atoms with Gasteiger partial charge in [0.15, 0.2) is 0 Å². The fourth-order valence-electron chi connectivity index (χ4n) is 0.0299. The van der Waals surface area contributed by atoms with Crippen molar-refractivity contribution < 1.29 is 0 Å². The molecule has 0 aromatic rings. The van der Waals surface area contributed by atoms with Crippen LogP contribution < -0.4 is 0 Å². The molecular weight excluding hydrogens is 177 g/mol. The molecule has 0 aromatic carbocycles. The molecule has 0 bridgehead atoms. The number of alkyl halides is 2. The molecule has 7 heavy (non-hydrogen) atoms. The van der Waals surface area contributed by atoms with Crippen LogP contribution in [0.3, 0.4) is 0 Å². The van der Waals surface area contributed by atoms with Crippen LogP contribution in [0.2, 0.25) is 0 Å². The maximum absolute atomic E-state index is 8.21. The van der Waals surface area contributed by atoms with Crippen molar-refractivity contribution in [1.29, 1.82) is 5.26 Å². The summed E-state index contributed by atoms with van der Waals surface area (Å²) in [4.78, 5) is 0. The SMILES string of the molecule is CC(Br)(C#N)CCl. The van der Waals surface area contributed by atoms with Crippen LogP contribution >= 0.6 is 27.5 Å². The molecule has 0 spiro atoms. The summed E-state index contributed by atoms with van der Waals surface area (Å²) in [5.74, 6) is 0.323. The molecule has 0 saturated heterocycles. The Kier molecular flexibility index (Phi) is 2.63. The smallest absolute Gasteiger partial charge is 0.123 e. The van der Waals surface area contributed by atoms with Crippen molar-refractivity contribution in [3.63, 3.8) is 0 Å². The third-order valence-electron chi connectivity index (χ3n) is 0.484. The molecule has 0 radical (unpaired) electrons. The van der Waals surface area contributed by atoms with Crippen molar-refractivity contribution >= 4 is 27.5 Å². The topological polar surface area (TPSA) is 23.8 Å². The lowest BCUT2D eigenvalue weighted by Crippen LogP contribution is -2.13. The molecule has 0 aliphatic heterocycles. The van der Waals surface area contributed by atoms with Gasteiger partial charge in [-0.3, -0.25) is 0 Å². The molecule has 0 aliphatic rings. The zero-order chi connectivity index (χ0) is 5.91. The molecule has 0 saturated carbocycles. The molecule has 1 atom stereocenters. The van der Waals surface area contributed by atoms with Crippen LogP contribution in [0.1, 0.15) is 6.92 Å². The normalized spacial score (nSPS) is 17.4. The maximum atomic E-state index is 8.21. The summed E-state index contributed by atoms with van der Waals surface area (Å²) in [7, 11) is 0. The van der Waals surface area contributed by atoms with E-state index in [-0.39, 0.29) is 0 Å². The molecule has 3 heteroatoms. The Morgan fingerprint density at radius 2 is 2.43 bits per heavy atom. The summed E-state index contributed by atoms with van der Waals surface area (Å²) in [6, 6.07) is 1.98. The van der Waals surface area contributed by atoms with Crippen molar-refractivity contribution in [3.05, 3.63) is 0 Å². The lowest BCUT2D eigenvalue weighted by atomic mass is 10.3. The van der Waals surface area contributed by atoms with Gasteiger partial charge in [0, 0.05) is 0 Å². The van der Waals surface area contributed by atoms with Crippen LogP contribution in [0.25, 0.3) is 0 Å². The highest BCUT2D eigenvalue weighted by Crippen LogP contribution is 2.16. The second-order valence-corrected chi connectivity index (χ2v) is 3.46. The van der Waals surface area contributed by atoms with E-state index in [2.05, 4.69) is 15.9 Å². The summed E-state index contributed by atoms with van der Waals surface area (Å²) in [5.41, 5.74) is 0. The zero-order valence-corrected chi connectivity index (χ0v) is 6.25.